The Hall–Kier alpha value is -5.61. The lowest BCUT2D eigenvalue weighted by molar-refractivity contribution is -0.371. The fourth-order valence-electron chi connectivity index (χ4n) is 8.73. The SMILES string of the molecule is CO[C@H]1O[C@H](COCc2ccccc2)[C@H]2O[C@H]3O[C@H](COCc4ccccc4)[C@@H](OCc4ccccc4)[C@H](OCc4ccccc4)[C@H]3OC(=O)c3cccc(c3)CO[C@@H]2[C@H]1OCc1ccccc1. The number of hydrogen-bond donors (Lipinski definition) is 0. The van der Waals surface area contributed by atoms with Gasteiger partial charge in [0.25, 0.3) is 0 Å². The predicted molar refractivity (Wildman–Crippen MR) is 251 cm³/mol. The molecule has 0 aliphatic carbocycles. The van der Waals surface area contributed by atoms with Gasteiger partial charge in [-0.3, -0.25) is 0 Å². The number of ether oxygens (including phenoxy) is 11. The van der Waals surface area contributed by atoms with Crippen LogP contribution in [0.2, 0.25) is 0 Å². The summed E-state index contributed by atoms with van der Waals surface area (Å²) in [5.74, 6) is -0.591. The van der Waals surface area contributed by atoms with Crippen LogP contribution in [-0.4, -0.2) is 87.7 Å². The summed E-state index contributed by atoms with van der Waals surface area (Å²) < 4.78 is 74.0. The van der Waals surface area contributed by atoms with Gasteiger partial charge >= 0.3 is 5.97 Å². The molecule has 0 amide bonds. The van der Waals surface area contributed by atoms with Crippen LogP contribution in [0.1, 0.15) is 43.7 Å². The summed E-state index contributed by atoms with van der Waals surface area (Å²) in [5, 5.41) is 0. The summed E-state index contributed by atoms with van der Waals surface area (Å²) in [7, 11) is 1.58. The fourth-order valence-corrected chi connectivity index (χ4v) is 8.73. The third kappa shape index (κ3) is 12.5. The minimum Gasteiger partial charge on any atom is -0.450 e. The van der Waals surface area contributed by atoms with Gasteiger partial charge in [-0.05, 0) is 45.5 Å². The van der Waals surface area contributed by atoms with Crippen molar-refractivity contribution in [1.82, 2.24) is 0 Å². The normalized spacial score (nSPS) is 26.0. The Morgan fingerprint density at radius 2 is 0.956 bits per heavy atom. The van der Waals surface area contributed by atoms with Gasteiger partial charge in [0.2, 0.25) is 0 Å². The van der Waals surface area contributed by atoms with Gasteiger partial charge in [-0.25, -0.2) is 4.79 Å². The van der Waals surface area contributed by atoms with Gasteiger partial charge in [0, 0.05) is 7.11 Å². The van der Waals surface area contributed by atoms with Crippen LogP contribution in [0.25, 0.3) is 0 Å². The number of benzene rings is 6. The molecule has 6 aromatic carbocycles. The van der Waals surface area contributed by atoms with Crippen molar-refractivity contribution in [3.05, 3.63) is 215 Å². The van der Waals surface area contributed by atoms with Crippen molar-refractivity contribution < 1.29 is 56.9 Å². The first-order chi connectivity index (χ1) is 33.6. The Morgan fingerprint density at radius 1 is 0.471 bits per heavy atom. The predicted octanol–water partition coefficient (Wildman–Crippen LogP) is 8.78. The number of carbonyl (C=O) groups excluding carboxylic acids is 1. The molecule has 0 spiro atoms. The van der Waals surface area contributed by atoms with Crippen molar-refractivity contribution in [3.8, 4) is 0 Å². The summed E-state index contributed by atoms with van der Waals surface area (Å²) in [5.41, 5.74) is 5.85. The quantitative estimate of drug-likeness (QED) is 0.0768. The number of hydrogen-bond acceptors (Lipinski definition) is 12. The van der Waals surface area contributed by atoms with Crippen LogP contribution in [0, 0.1) is 0 Å². The van der Waals surface area contributed by atoms with Gasteiger partial charge in [-0.2, -0.15) is 0 Å². The second kappa shape index (κ2) is 24.1. The van der Waals surface area contributed by atoms with Crippen molar-refractivity contribution in [2.45, 2.75) is 101 Å². The van der Waals surface area contributed by atoms with E-state index >= 15 is 0 Å². The Bertz CT molecular complexity index is 2410. The minimum atomic E-state index is -1.27. The summed E-state index contributed by atoms with van der Waals surface area (Å²) in [6.07, 6.45) is -9.23. The Labute approximate surface area is 397 Å². The summed E-state index contributed by atoms with van der Waals surface area (Å²) >= 11 is 0. The second-order valence-electron chi connectivity index (χ2n) is 17.1. The molecule has 6 aromatic rings. The van der Waals surface area contributed by atoms with E-state index in [0.29, 0.717) is 18.8 Å². The zero-order chi connectivity index (χ0) is 46.3. The van der Waals surface area contributed by atoms with Crippen molar-refractivity contribution in [2.24, 2.45) is 0 Å². The number of methoxy groups -OCH3 is 1. The molecule has 12 heteroatoms. The number of rotatable bonds is 18. The summed E-state index contributed by atoms with van der Waals surface area (Å²) in [4.78, 5) is 14.5. The highest BCUT2D eigenvalue weighted by Crippen LogP contribution is 2.37. The van der Waals surface area contributed by atoms with E-state index in [-0.39, 0.29) is 39.6 Å². The number of carbonyl (C=O) groups is 1. The Balaban J connectivity index is 1.11. The van der Waals surface area contributed by atoms with Gasteiger partial charge in [0.05, 0.1) is 58.4 Å². The minimum absolute atomic E-state index is 0.0811. The van der Waals surface area contributed by atoms with Gasteiger partial charge < -0.3 is 52.1 Å². The molecule has 0 aromatic heterocycles. The van der Waals surface area contributed by atoms with Crippen molar-refractivity contribution in [1.29, 1.82) is 0 Å². The molecule has 2 fully saturated rings. The molecular formula is C56H58O12. The van der Waals surface area contributed by atoms with E-state index in [4.69, 9.17) is 52.1 Å². The molecule has 12 nitrogen and oxygen atoms in total. The summed E-state index contributed by atoms with van der Waals surface area (Å²) in [6.45, 7) is 1.53. The van der Waals surface area contributed by atoms with Gasteiger partial charge in [0.1, 0.15) is 42.7 Å². The molecule has 3 heterocycles. The highest BCUT2D eigenvalue weighted by atomic mass is 16.8. The molecule has 3 aliphatic heterocycles. The van der Waals surface area contributed by atoms with Crippen LogP contribution in [0.4, 0.5) is 0 Å². The first-order valence-electron chi connectivity index (χ1n) is 23.2. The molecule has 9 rings (SSSR count). The molecular weight excluding hydrogens is 865 g/mol. The van der Waals surface area contributed by atoms with Crippen LogP contribution < -0.4 is 0 Å². The molecule has 2 saturated heterocycles. The molecule has 10 atom stereocenters. The van der Waals surface area contributed by atoms with E-state index in [1.807, 2.05) is 164 Å². The van der Waals surface area contributed by atoms with Crippen LogP contribution in [0.5, 0.6) is 0 Å². The average Bonchev–Trinajstić information content (AvgIpc) is 3.39. The van der Waals surface area contributed by atoms with Crippen LogP contribution in [0.15, 0.2) is 176 Å². The largest absolute Gasteiger partial charge is 0.450 e. The second-order valence-corrected chi connectivity index (χ2v) is 17.1. The summed E-state index contributed by atoms with van der Waals surface area (Å²) in [6, 6.07) is 56.6. The van der Waals surface area contributed by atoms with Crippen LogP contribution in [-0.2, 0) is 91.7 Å². The molecule has 0 unspecified atom stereocenters. The number of esters is 1. The molecule has 0 radical (unpaired) electrons. The highest BCUT2D eigenvalue weighted by Gasteiger charge is 2.55. The Morgan fingerprint density at radius 3 is 1.49 bits per heavy atom. The maximum atomic E-state index is 14.5. The lowest BCUT2D eigenvalue weighted by atomic mass is 9.95. The molecule has 354 valence electrons. The first kappa shape index (κ1) is 47.5. The average molecular weight is 923 g/mol. The maximum absolute atomic E-state index is 14.5. The van der Waals surface area contributed by atoms with Crippen molar-refractivity contribution >= 4 is 5.97 Å². The third-order valence-electron chi connectivity index (χ3n) is 12.2. The molecule has 0 N–H and O–H groups in total. The van der Waals surface area contributed by atoms with Crippen molar-refractivity contribution in [3.63, 3.8) is 0 Å². The molecule has 3 aliphatic rings. The van der Waals surface area contributed by atoms with E-state index in [1.165, 1.54) is 0 Å². The molecule has 0 saturated carbocycles. The maximum Gasteiger partial charge on any atom is 0.338 e. The monoisotopic (exact) mass is 922 g/mol. The van der Waals surface area contributed by atoms with E-state index in [9.17, 15) is 4.79 Å². The van der Waals surface area contributed by atoms with Gasteiger partial charge in [-0.1, -0.05) is 164 Å². The van der Waals surface area contributed by atoms with Gasteiger partial charge in [0.15, 0.2) is 18.7 Å². The third-order valence-corrected chi connectivity index (χ3v) is 12.2. The zero-order valence-electron chi connectivity index (χ0n) is 38.1. The van der Waals surface area contributed by atoms with Crippen LogP contribution in [0.3, 0.4) is 0 Å². The first-order valence-corrected chi connectivity index (χ1v) is 23.2. The zero-order valence-corrected chi connectivity index (χ0v) is 38.1. The smallest absolute Gasteiger partial charge is 0.338 e. The van der Waals surface area contributed by atoms with Crippen LogP contribution >= 0.6 is 0 Å². The number of fused-ring (bicyclic) bond motifs is 4. The standard InChI is InChI=1S/C56H58O12/c1-58-55-52(64-35-43-26-15-6-16-27-43)51-49(47(65-55)38-60-32-40-20-9-3-10-21-40)68-56-53(67-54(57)45-29-17-28-44(30-45)36-63-51)50(62-34-42-24-13-5-14-25-42)48(61-33-41-22-11-4-12-23-41)46(66-56)37-59-31-39-18-7-2-8-19-39/h2-30,46-53,55-56H,31-38H2,1H3/t46-,47-,48-,49-,50+,51+,52-,53-,55+,56-/m1/s1. The van der Waals surface area contributed by atoms with E-state index in [2.05, 4.69) is 0 Å². The van der Waals surface area contributed by atoms with E-state index < -0.39 is 67.4 Å². The Kier molecular flexibility index (Phi) is 16.8. The molecule has 2 bridgehead atoms. The highest BCUT2D eigenvalue weighted by molar-refractivity contribution is 5.89. The van der Waals surface area contributed by atoms with E-state index in [1.54, 1.807) is 19.2 Å². The van der Waals surface area contributed by atoms with E-state index in [0.717, 1.165) is 33.4 Å². The lowest BCUT2D eigenvalue weighted by Crippen LogP contribution is -2.66. The van der Waals surface area contributed by atoms with Crippen molar-refractivity contribution in [2.75, 3.05) is 20.3 Å². The molecule has 68 heavy (non-hydrogen) atoms. The van der Waals surface area contributed by atoms with Gasteiger partial charge in [-0.15, -0.1) is 0 Å². The fraction of sp³-hybridized carbons (Fsp3) is 0.339. The lowest BCUT2D eigenvalue weighted by Gasteiger charge is -2.50. The topological polar surface area (TPSA) is 119 Å².